The van der Waals surface area contributed by atoms with E-state index in [1.165, 1.54) is 37.2 Å². The summed E-state index contributed by atoms with van der Waals surface area (Å²) in [5.41, 5.74) is 0.407. The Morgan fingerprint density at radius 1 is 1.28 bits per heavy atom. The standard InChI is InChI=1S/C14H25N3S/c1-13(2,3)11-16-12(18-17-11)15-10-8-6-7-9-14(10,4)5/h10H,6-9H2,1-5H3,(H,15,16,17). The van der Waals surface area contributed by atoms with Crippen LogP contribution in [0.25, 0.3) is 0 Å². The van der Waals surface area contributed by atoms with E-state index in [1.54, 1.807) is 0 Å². The zero-order valence-corrected chi connectivity index (χ0v) is 13.0. The molecule has 1 heterocycles. The fourth-order valence-electron chi connectivity index (χ4n) is 2.50. The van der Waals surface area contributed by atoms with E-state index in [-0.39, 0.29) is 5.41 Å². The van der Waals surface area contributed by atoms with Crippen molar-refractivity contribution in [2.24, 2.45) is 5.41 Å². The van der Waals surface area contributed by atoms with Gasteiger partial charge in [0.1, 0.15) is 5.82 Å². The first-order valence-electron chi connectivity index (χ1n) is 6.90. The summed E-state index contributed by atoms with van der Waals surface area (Å²) in [7, 11) is 0. The molecule has 1 aliphatic rings. The first-order valence-corrected chi connectivity index (χ1v) is 7.67. The molecule has 1 aliphatic carbocycles. The summed E-state index contributed by atoms with van der Waals surface area (Å²) in [5.74, 6) is 0.948. The SMILES string of the molecule is CC(C)(C)c1nsc(NC2CCCCC2(C)C)n1. The normalized spacial score (nSPS) is 23.9. The van der Waals surface area contributed by atoms with Crippen molar-refractivity contribution < 1.29 is 0 Å². The zero-order chi connectivity index (χ0) is 13.4. The van der Waals surface area contributed by atoms with Gasteiger partial charge in [0, 0.05) is 23.0 Å². The second-order valence-corrected chi connectivity index (χ2v) is 7.86. The van der Waals surface area contributed by atoms with Gasteiger partial charge in [0.15, 0.2) is 0 Å². The van der Waals surface area contributed by atoms with E-state index in [4.69, 9.17) is 0 Å². The Kier molecular flexibility index (Phi) is 3.67. The van der Waals surface area contributed by atoms with Crippen LogP contribution in [0.1, 0.15) is 66.1 Å². The van der Waals surface area contributed by atoms with Crippen LogP contribution < -0.4 is 5.32 Å². The van der Waals surface area contributed by atoms with Gasteiger partial charge in [0.05, 0.1) is 0 Å². The summed E-state index contributed by atoms with van der Waals surface area (Å²) in [4.78, 5) is 4.64. The molecular formula is C14H25N3S. The Morgan fingerprint density at radius 2 is 2.00 bits per heavy atom. The smallest absolute Gasteiger partial charge is 0.202 e. The number of anilines is 1. The molecule has 0 aromatic carbocycles. The van der Waals surface area contributed by atoms with Crippen LogP contribution >= 0.6 is 11.5 Å². The maximum atomic E-state index is 4.64. The zero-order valence-electron chi connectivity index (χ0n) is 12.2. The van der Waals surface area contributed by atoms with E-state index in [9.17, 15) is 0 Å². The molecule has 1 saturated carbocycles. The molecule has 4 heteroatoms. The number of hydrogen-bond acceptors (Lipinski definition) is 4. The molecular weight excluding hydrogens is 242 g/mol. The summed E-state index contributed by atoms with van der Waals surface area (Å²) < 4.78 is 4.47. The van der Waals surface area contributed by atoms with Gasteiger partial charge in [-0.2, -0.15) is 4.37 Å². The fourth-order valence-corrected chi connectivity index (χ4v) is 3.31. The minimum Gasteiger partial charge on any atom is -0.357 e. The van der Waals surface area contributed by atoms with Gasteiger partial charge in [-0.3, -0.25) is 0 Å². The Morgan fingerprint density at radius 3 is 2.56 bits per heavy atom. The molecule has 0 saturated heterocycles. The topological polar surface area (TPSA) is 37.8 Å². The van der Waals surface area contributed by atoms with Crippen LogP contribution in [0.4, 0.5) is 5.13 Å². The lowest BCUT2D eigenvalue weighted by molar-refractivity contribution is 0.217. The first-order chi connectivity index (χ1) is 8.29. The molecule has 1 aromatic heterocycles. The van der Waals surface area contributed by atoms with E-state index >= 15 is 0 Å². The monoisotopic (exact) mass is 267 g/mol. The molecule has 0 aliphatic heterocycles. The number of nitrogens with zero attached hydrogens (tertiary/aromatic N) is 2. The summed E-state index contributed by atoms with van der Waals surface area (Å²) >= 11 is 1.50. The van der Waals surface area contributed by atoms with Crippen molar-refractivity contribution in [3.63, 3.8) is 0 Å². The maximum Gasteiger partial charge on any atom is 0.202 e. The lowest BCUT2D eigenvalue weighted by Crippen LogP contribution is -2.38. The molecule has 1 unspecified atom stereocenters. The summed E-state index contributed by atoms with van der Waals surface area (Å²) in [6.07, 6.45) is 5.23. The fraction of sp³-hybridized carbons (Fsp3) is 0.857. The van der Waals surface area contributed by atoms with Gasteiger partial charge in [-0.25, -0.2) is 4.98 Å². The molecule has 0 spiro atoms. The van der Waals surface area contributed by atoms with Crippen LogP contribution in [0.3, 0.4) is 0 Å². The van der Waals surface area contributed by atoms with E-state index in [0.29, 0.717) is 11.5 Å². The lowest BCUT2D eigenvalue weighted by atomic mass is 9.73. The maximum absolute atomic E-state index is 4.64. The summed E-state index contributed by atoms with van der Waals surface area (Å²) in [6.45, 7) is 11.2. The third-order valence-electron chi connectivity index (χ3n) is 3.90. The first kappa shape index (κ1) is 13.8. The van der Waals surface area contributed by atoms with E-state index in [1.807, 2.05) is 0 Å². The van der Waals surface area contributed by atoms with Gasteiger partial charge in [-0.1, -0.05) is 47.5 Å². The predicted octanol–water partition coefficient (Wildman–Crippen LogP) is 4.22. The van der Waals surface area contributed by atoms with Crippen molar-refractivity contribution in [3.8, 4) is 0 Å². The molecule has 0 amide bonds. The molecule has 2 rings (SSSR count). The highest BCUT2D eigenvalue weighted by Gasteiger charge is 2.33. The number of hydrogen-bond donors (Lipinski definition) is 1. The summed E-state index contributed by atoms with van der Waals surface area (Å²) in [5, 5.41) is 4.59. The van der Waals surface area contributed by atoms with Crippen molar-refractivity contribution >= 4 is 16.7 Å². The van der Waals surface area contributed by atoms with Gasteiger partial charge in [-0.05, 0) is 18.3 Å². The van der Waals surface area contributed by atoms with Gasteiger partial charge >= 0.3 is 0 Å². The van der Waals surface area contributed by atoms with Crippen LogP contribution in [0.2, 0.25) is 0 Å². The van der Waals surface area contributed by atoms with E-state index < -0.39 is 0 Å². The minimum absolute atomic E-state index is 0.0402. The average molecular weight is 267 g/mol. The Balaban J connectivity index is 2.07. The van der Waals surface area contributed by atoms with Crippen molar-refractivity contribution in [2.45, 2.75) is 71.8 Å². The van der Waals surface area contributed by atoms with Crippen molar-refractivity contribution in [2.75, 3.05) is 5.32 Å². The van der Waals surface area contributed by atoms with Crippen LogP contribution in [0.15, 0.2) is 0 Å². The minimum atomic E-state index is 0.0402. The molecule has 0 radical (unpaired) electrons. The number of aromatic nitrogens is 2. The van der Waals surface area contributed by atoms with Gasteiger partial charge in [0.25, 0.3) is 0 Å². The average Bonchev–Trinajstić information content (AvgIpc) is 2.69. The highest BCUT2D eigenvalue weighted by atomic mass is 32.1. The third-order valence-corrected chi connectivity index (χ3v) is 4.55. The molecule has 1 fully saturated rings. The largest absolute Gasteiger partial charge is 0.357 e. The molecule has 1 aromatic rings. The van der Waals surface area contributed by atoms with Gasteiger partial charge in [-0.15, -0.1) is 0 Å². The van der Waals surface area contributed by atoms with E-state index in [2.05, 4.69) is 49.3 Å². The molecule has 0 bridgehead atoms. The molecule has 1 atom stereocenters. The molecule has 1 N–H and O–H groups in total. The van der Waals surface area contributed by atoms with Crippen molar-refractivity contribution in [1.82, 2.24) is 9.36 Å². The Hall–Kier alpha value is -0.640. The lowest BCUT2D eigenvalue weighted by Gasteiger charge is -2.38. The number of rotatable bonds is 2. The Labute approximate surface area is 115 Å². The van der Waals surface area contributed by atoms with Crippen LogP contribution in [0.5, 0.6) is 0 Å². The molecule has 3 nitrogen and oxygen atoms in total. The van der Waals surface area contributed by atoms with Gasteiger partial charge < -0.3 is 5.32 Å². The second kappa shape index (κ2) is 4.80. The van der Waals surface area contributed by atoms with Crippen LogP contribution in [0, 0.1) is 5.41 Å². The Bertz CT molecular complexity index is 403. The quantitative estimate of drug-likeness (QED) is 0.872. The predicted molar refractivity (Wildman–Crippen MR) is 78.3 cm³/mol. The van der Waals surface area contributed by atoms with Crippen molar-refractivity contribution in [3.05, 3.63) is 5.82 Å². The third kappa shape index (κ3) is 3.02. The summed E-state index contributed by atoms with van der Waals surface area (Å²) in [6, 6.07) is 0.534. The molecule has 18 heavy (non-hydrogen) atoms. The van der Waals surface area contributed by atoms with Gasteiger partial charge in [0.2, 0.25) is 5.13 Å². The van der Waals surface area contributed by atoms with Crippen LogP contribution in [-0.4, -0.2) is 15.4 Å². The highest BCUT2D eigenvalue weighted by Crippen LogP contribution is 2.37. The van der Waals surface area contributed by atoms with E-state index in [0.717, 1.165) is 11.0 Å². The highest BCUT2D eigenvalue weighted by molar-refractivity contribution is 7.09. The van der Waals surface area contributed by atoms with Crippen molar-refractivity contribution in [1.29, 1.82) is 0 Å². The number of nitrogens with one attached hydrogen (secondary N) is 1. The second-order valence-electron chi connectivity index (χ2n) is 7.10. The van der Waals surface area contributed by atoms with Crippen LogP contribution in [-0.2, 0) is 5.41 Å². The molecule has 102 valence electrons.